The van der Waals surface area contributed by atoms with Crippen LogP contribution >= 0.6 is 11.6 Å². The summed E-state index contributed by atoms with van der Waals surface area (Å²) in [4.78, 5) is 11.2. The van der Waals surface area contributed by atoms with Crippen molar-refractivity contribution in [3.63, 3.8) is 0 Å². The van der Waals surface area contributed by atoms with Gasteiger partial charge in [-0.1, -0.05) is 60.1 Å². The molecule has 4 heteroatoms. The van der Waals surface area contributed by atoms with E-state index >= 15 is 0 Å². The Bertz CT molecular complexity index is 554. The molecule has 2 aromatic rings. The summed E-state index contributed by atoms with van der Waals surface area (Å²) < 4.78 is 5.47. The van der Waals surface area contributed by atoms with E-state index in [-0.39, 0.29) is 6.61 Å². The quantitative estimate of drug-likeness (QED) is 0.906. The lowest BCUT2D eigenvalue weighted by Gasteiger charge is -2.14. The lowest BCUT2D eigenvalue weighted by molar-refractivity contribution is -0.151. The first-order chi connectivity index (χ1) is 9.18. The molecule has 98 valence electrons. The van der Waals surface area contributed by atoms with Gasteiger partial charge in [-0.05, 0) is 17.2 Å². The molecule has 0 amide bonds. The fourth-order valence-corrected chi connectivity index (χ4v) is 1.92. The highest BCUT2D eigenvalue weighted by Crippen LogP contribution is 2.22. The van der Waals surface area contributed by atoms with Crippen LogP contribution in [0.4, 0.5) is 0 Å². The number of hydrogen-bond acceptors (Lipinski definition) is 2. The largest absolute Gasteiger partial charge is 0.479 e. The summed E-state index contributed by atoms with van der Waals surface area (Å²) >= 11 is 6.01. The molecule has 2 aromatic carbocycles. The molecule has 1 atom stereocenters. The van der Waals surface area contributed by atoms with Gasteiger partial charge in [0.25, 0.3) is 0 Å². The fraction of sp³-hybridized carbons (Fsp3) is 0.133. The maximum absolute atomic E-state index is 11.2. The molecule has 0 saturated carbocycles. The van der Waals surface area contributed by atoms with Crippen LogP contribution in [0.1, 0.15) is 17.2 Å². The van der Waals surface area contributed by atoms with Gasteiger partial charge in [-0.3, -0.25) is 0 Å². The number of aliphatic carboxylic acids is 1. The molecule has 0 heterocycles. The lowest BCUT2D eigenvalue weighted by atomic mass is 10.1. The first-order valence-corrected chi connectivity index (χ1v) is 6.19. The second-order valence-electron chi connectivity index (χ2n) is 4.03. The predicted octanol–water partition coefficient (Wildman–Crippen LogP) is 3.68. The smallest absolute Gasteiger partial charge is 0.337 e. The number of benzene rings is 2. The minimum absolute atomic E-state index is 0.158. The van der Waals surface area contributed by atoms with Crippen LogP contribution in [-0.2, 0) is 16.1 Å². The first kappa shape index (κ1) is 13.6. The molecule has 0 saturated heterocycles. The summed E-state index contributed by atoms with van der Waals surface area (Å²) in [5, 5.41) is 9.79. The van der Waals surface area contributed by atoms with Crippen LogP contribution in [-0.4, -0.2) is 11.1 Å². The van der Waals surface area contributed by atoms with Gasteiger partial charge in [-0.2, -0.15) is 0 Å². The summed E-state index contributed by atoms with van der Waals surface area (Å²) in [6.07, 6.45) is -0.988. The van der Waals surface area contributed by atoms with Crippen LogP contribution in [0.5, 0.6) is 0 Å². The number of ether oxygens (including phenoxy) is 1. The molecular weight excluding hydrogens is 264 g/mol. The molecule has 2 rings (SSSR count). The Morgan fingerprint density at radius 2 is 1.74 bits per heavy atom. The van der Waals surface area contributed by atoms with Gasteiger partial charge in [0.05, 0.1) is 6.61 Å². The van der Waals surface area contributed by atoms with Crippen LogP contribution in [0.3, 0.4) is 0 Å². The average Bonchev–Trinajstić information content (AvgIpc) is 2.42. The van der Waals surface area contributed by atoms with Crippen molar-refractivity contribution in [3.8, 4) is 0 Å². The Labute approximate surface area is 116 Å². The summed E-state index contributed by atoms with van der Waals surface area (Å²) in [7, 11) is 0. The summed E-state index contributed by atoms with van der Waals surface area (Å²) in [6, 6.07) is 16.1. The third-order valence-corrected chi connectivity index (χ3v) is 3.06. The molecule has 1 unspecified atom stereocenters. The highest BCUT2D eigenvalue weighted by Gasteiger charge is 2.20. The van der Waals surface area contributed by atoms with E-state index in [2.05, 4.69) is 0 Å². The molecule has 0 aromatic heterocycles. The third kappa shape index (κ3) is 3.56. The highest BCUT2D eigenvalue weighted by molar-refractivity contribution is 6.31. The maximum atomic E-state index is 11.2. The second kappa shape index (κ2) is 6.36. The van der Waals surface area contributed by atoms with Gasteiger partial charge in [-0.15, -0.1) is 0 Å². The predicted molar refractivity (Wildman–Crippen MR) is 73.1 cm³/mol. The van der Waals surface area contributed by atoms with Crippen molar-refractivity contribution in [2.45, 2.75) is 12.7 Å². The maximum Gasteiger partial charge on any atom is 0.337 e. The van der Waals surface area contributed by atoms with E-state index in [9.17, 15) is 9.90 Å². The van der Waals surface area contributed by atoms with Crippen molar-refractivity contribution in [2.75, 3.05) is 0 Å². The van der Waals surface area contributed by atoms with E-state index in [0.717, 1.165) is 5.56 Å². The lowest BCUT2D eigenvalue weighted by Crippen LogP contribution is -2.15. The number of hydrogen-bond donors (Lipinski definition) is 1. The van der Waals surface area contributed by atoms with Crippen molar-refractivity contribution in [2.24, 2.45) is 0 Å². The fourth-order valence-electron chi connectivity index (χ4n) is 1.73. The van der Waals surface area contributed by atoms with Crippen LogP contribution in [0.15, 0.2) is 54.6 Å². The monoisotopic (exact) mass is 276 g/mol. The molecule has 1 N–H and O–H groups in total. The Hall–Kier alpha value is -1.84. The minimum Gasteiger partial charge on any atom is -0.479 e. The minimum atomic E-state index is -1.02. The SMILES string of the molecule is O=C(O)C(OCc1ccccc1Cl)c1ccccc1. The number of carbonyl (C=O) groups is 1. The Morgan fingerprint density at radius 3 is 2.37 bits per heavy atom. The Kier molecular flexibility index (Phi) is 4.55. The van der Waals surface area contributed by atoms with Gasteiger partial charge in [0.1, 0.15) is 0 Å². The van der Waals surface area contributed by atoms with Crippen molar-refractivity contribution in [3.05, 3.63) is 70.7 Å². The van der Waals surface area contributed by atoms with Crippen LogP contribution in [0.2, 0.25) is 5.02 Å². The van der Waals surface area contributed by atoms with Crippen LogP contribution < -0.4 is 0 Å². The standard InChI is InChI=1S/C15H13ClO3/c16-13-9-5-4-8-12(13)10-19-14(15(17)18)11-6-2-1-3-7-11/h1-9,14H,10H2,(H,17,18). The van der Waals surface area contributed by atoms with Gasteiger partial charge in [0.15, 0.2) is 6.10 Å². The molecule has 0 aliphatic rings. The highest BCUT2D eigenvalue weighted by atomic mass is 35.5. The van der Waals surface area contributed by atoms with Gasteiger partial charge >= 0.3 is 5.97 Å². The second-order valence-corrected chi connectivity index (χ2v) is 4.44. The normalized spacial score (nSPS) is 12.1. The topological polar surface area (TPSA) is 46.5 Å². The number of rotatable bonds is 5. The number of halogens is 1. The van der Waals surface area contributed by atoms with Crippen molar-refractivity contribution < 1.29 is 14.6 Å². The van der Waals surface area contributed by atoms with E-state index in [1.165, 1.54) is 0 Å². The average molecular weight is 277 g/mol. The number of carboxylic acids is 1. The molecule has 0 fully saturated rings. The molecule has 0 aliphatic carbocycles. The zero-order valence-corrected chi connectivity index (χ0v) is 10.9. The molecule has 0 radical (unpaired) electrons. The van der Waals surface area contributed by atoms with Crippen LogP contribution in [0.25, 0.3) is 0 Å². The van der Waals surface area contributed by atoms with E-state index < -0.39 is 12.1 Å². The zero-order chi connectivity index (χ0) is 13.7. The van der Waals surface area contributed by atoms with E-state index in [1.807, 2.05) is 24.3 Å². The number of carboxylic acid groups (broad SMARTS) is 1. The zero-order valence-electron chi connectivity index (χ0n) is 10.1. The molecule has 0 spiro atoms. The van der Waals surface area contributed by atoms with Gasteiger partial charge in [-0.25, -0.2) is 4.79 Å². The van der Waals surface area contributed by atoms with Gasteiger partial charge in [0.2, 0.25) is 0 Å². The molecular formula is C15H13ClO3. The molecule has 3 nitrogen and oxygen atoms in total. The van der Waals surface area contributed by atoms with Crippen molar-refractivity contribution in [1.29, 1.82) is 0 Å². The van der Waals surface area contributed by atoms with Gasteiger partial charge < -0.3 is 9.84 Å². The Balaban J connectivity index is 2.11. The van der Waals surface area contributed by atoms with Crippen molar-refractivity contribution >= 4 is 17.6 Å². The van der Waals surface area contributed by atoms with E-state index in [4.69, 9.17) is 16.3 Å². The third-order valence-electron chi connectivity index (χ3n) is 2.69. The molecule has 0 aliphatic heterocycles. The van der Waals surface area contributed by atoms with Crippen molar-refractivity contribution in [1.82, 2.24) is 0 Å². The van der Waals surface area contributed by atoms with Crippen LogP contribution in [0, 0.1) is 0 Å². The Morgan fingerprint density at radius 1 is 1.11 bits per heavy atom. The van der Waals surface area contributed by atoms with E-state index in [1.54, 1.807) is 30.3 Å². The first-order valence-electron chi connectivity index (χ1n) is 5.81. The summed E-state index contributed by atoms with van der Waals surface area (Å²) in [5.41, 5.74) is 1.38. The molecule has 19 heavy (non-hydrogen) atoms. The van der Waals surface area contributed by atoms with E-state index in [0.29, 0.717) is 10.6 Å². The summed E-state index contributed by atoms with van der Waals surface area (Å²) in [5.74, 6) is -1.02. The summed E-state index contributed by atoms with van der Waals surface area (Å²) in [6.45, 7) is 0.158. The van der Waals surface area contributed by atoms with Gasteiger partial charge in [0, 0.05) is 5.02 Å². The molecule has 0 bridgehead atoms.